The number of anilines is 1. The second kappa shape index (κ2) is 5.72. The van der Waals surface area contributed by atoms with Crippen molar-refractivity contribution >= 4 is 5.82 Å². The SMILES string of the molecule is CCc1nc(N)ccc1-c1c(F)ccc2c1OCCCC2. The number of nitrogens with two attached hydrogens (primary N) is 1. The second-order valence-electron chi connectivity index (χ2n) is 5.30. The minimum absolute atomic E-state index is 0.267. The standard InChI is InChI=1S/C17H19FN2O/c1-2-14-12(7-9-15(19)20-14)16-13(18)8-6-11-5-3-4-10-21-17(11)16/h6-9H,2-5,10H2,1H3,(H2,19,20). The molecule has 1 aliphatic rings. The van der Waals surface area contributed by atoms with Gasteiger partial charge >= 0.3 is 0 Å². The summed E-state index contributed by atoms with van der Waals surface area (Å²) in [7, 11) is 0. The van der Waals surface area contributed by atoms with Gasteiger partial charge in [0.05, 0.1) is 17.9 Å². The van der Waals surface area contributed by atoms with Crippen molar-refractivity contribution in [3.63, 3.8) is 0 Å². The maximum atomic E-state index is 14.5. The van der Waals surface area contributed by atoms with Crippen molar-refractivity contribution in [3.8, 4) is 16.9 Å². The van der Waals surface area contributed by atoms with Crippen molar-refractivity contribution < 1.29 is 9.13 Å². The number of rotatable bonds is 2. The summed E-state index contributed by atoms with van der Waals surface area (Å²) < 4.78 is 20.3. The highest BCUT2D eigenvalue weighted by molar-refractivity contribution is 5.75. The molecular formula is C17H19FN2O. The molecule has 21 heavy (non-hydrogen) atoms. The molecule has 2 N–H and O–H groups in total. The molecular weight excluding hydrogens is 267 g/mol. The molecule has 1 aromatic heterocycles. The molecule has 1 aliphatic heterocycles. The Hall–Kier alpha value is -2.10. The van der Waals surface area contributed by atoms with Crippen molar-refractivity contribution in [1.82, 2.24) is 4.98 Å². The van der Waals surface area contributed by atoms with Gasteiger partial charge in [0, 0.05) is 5.56 Å². The Bertz CT molecular complexity index is 670. The molecule has 0 bridgehead atoms. The van der Waals surface area contributed by atoms with Gasteiger partial charge in [0.15, 0.2) is 0 Å². The molecule has 2 aromatic rings. The minimum atomic E-state index is -0.267. The number of nitrogen functional groups attached to an aromatic ring is 1. The van der Waals surface area contributed by atoms with E-state index in [-0.39, 0.29) is 5.82 Å². The molecule has 0 saturated carbocycles. The fourth-order valence-corrected chi connectivity index (χ4v) is 2.82. The van der Waals surface area contributed by atoms with Crippen LogP contribution in [-0.2, 0) is 12.8 Å². The van der Waals surface area contributed by atoms with E-state index < -0.39 is 0 Å². The number of pyridine rings is 1. The van der Waals surface area contributed by atoms with Crippen molar-refractivity contribution in [1.29, 1.82) is 0 Å². The maximum absolute atomic E-state index is 14.5. The highest BCUT2D eigenvalue weighted by Gasteiger charge is 2.21. The lowest BCUT2D eigenvalue weighted by Gasteiger charge is -2.16. The number of hydrogen-bond donors (Lipinski definition) is 1. The van der Waals surface area contributed by atoms with Gasteiger partial charge in [-0.1, -0.05) is 13.0 Å². The van der Waals surface area contributed by atoms with Crippen LogP contribution in [0.2, 0.25) is 0 Å². The highest BCUT2D eigenvalue weighted by atomic mass is 19.1. The summed E-state index contributed by atoms with van der Waals surface area (Å²) in [5, 5.41) is 0. The molecule has 0 radical (unpaired) electrons. The van der Waals surface area contributed by atoms with Crippen molar-refractivity contribution in [2.75, 3.05) is 12.3 Å². The Morgan fingerprint density at radius 2 is 2.10 bits per heavy atom. The Balaban J connectivity index is 2.22. The second-order valence-corrected chi connectivity index (χ2v) is 5.30. The fraction of sp³-hybridized carbons (Fsp3) is 0.353. The maximum Gasteiger partial charge on any atom is 0.134 e. The number of ether oxygens (including phenoxy) is 1. The summed E-state index contributed by atoms with van der Waals surface area (Å²) in [6.45, 7) is 2.62. The first-order valence-corrected chi connectivity index (χ1v) is 7.40. The van der Waals surface area contributed by atoms with E-state index in [9.17, 15) is 4.39 Å². The molecule has 0 saturated heterocycles. The lowest BCUT2D eigenvalue weighted by atomic mass is 9.96. The van der Waals surface area contributed by atoms with Crippen LogP contribution >= 0.6 is 0 Å². The molecule has 0 fully saturated rings. The zero-order valence-electron chi connectivity index (χ0n) is 12.2. The Kier molecular flexibility index (Phi) is 3.78. The van der Waals surface area contributed by atoms with Crippen LogP contribution < -0.4 is 10.5 Å². The molecule has 0 aliphatic carbocycles. The summed E-state index contributed by atoms with van der Waals surface area (Å²) in [6, 6.07) is 6.91. The van der Waals surface area contributed by atoms with E-state index in [1.54, 1.807) is 6.07 Å². The molecule has 1 aromatic carbocycles. The third-order valence-electron chi connectivity index (χ3n) is 3.88. The van der Waals surface area contributed by atoms with Crippen LogP contribution in [0.4, 0.5) is 10.2 Å². The van der Waals surface area contributed by atoms with Crippen LogP contribution in [0, 0.1) is 5.82 Å². The Morgan fingerprint density at radius 1 is 1.24 bits per heavy atom. The number of nitrogens with zero attached hydrogens (tertiary/aromatic N) is 1. The number of fused-ring (bicyclic) bond motifs is 1. The smallest absolute Gasteiger partial charge is 0.134 e. The fourth-order valence-electron chi connectivity index (χ4n) is 2.82. The van der Waals surface area contributed by atoms with Gasteiger partial charge in [0.1, 0.15) is 17.4 Å². The zero-order valence-corrected chi connectivity index (χ0v) is 12.2. The van der Waals surface area contributed by atoms with Gasteiger partial charge < -0.3 is 10.5 Å². The number of aromatic nitrogens is 1. The number of hydrogen-bond acceptors (Lipinski definition) is 3. The molecule has 3 rings (SSSR count). The predicted molar refractivity (Wildman–Crippen MR) is 81.9 cm³/mol. The van der Waals surface area contributed by atoms with Crippen LogP contribution in [0.1, 0.15) is 31.0 Å². The molecule has 3 nitrogen and oxygen atoms in total. The third kappa shape index (κ3) is 2.58. The van der Waals surface area contributed by atoms with E-state index in [0.29, 0.717) is 30.2 Å². The van der Waals surface area contributed by atoms with E-state index in [1.165, 1.54) is 6.07 Å². The molecule has 110 valence electrons. The Morgan fingerprint density at radius 3 is 2.90 bits per heavy atom. The quantitative estimate of drug-likeness (QED) is 0.914. The van der Waals surface area contributed by atoms with Crippen LogP contribution in [0.5, 0.6) is 5.75 Å². The van der Waals surface area contributed by atoms with Crippen LogP contribution in [0.15, 0.2) is 24.3 Å². The predicted octanol–water partition coefficient (Wildman–Crippen LogP) is 3.75. The summed E-state index contributed by atoms with van der Waals surface area (Å²) in [6.07, 6.45) is 3.69. The zero-order chi connectivity index (χ0) is 14.8. The Labute approximate surface area is 124 Å². The van der Waals surface area contributed by atoms with Crippen molar-refractivity contribution in [2.24, 2.45) is 0 Å². The number of halogens is 1. The minimum Gasteiger partial charge on any atom is -0.493 e. The monoisotopic (exact) mass is 286 g/mol. The highest BCUT2D eigenvalue weighted by Crippen LogP contribution is 2.39. The molecule has 2 heterocycles. The molecule has 4 heteroatoms. The lowest BCUT2D eigenvalue weighted by Crippen LogP contribution is -2.03. The first-order chi connectivity index (χ1) is 10.2. The van der Waals surface area contributed by atoms with E-state index in [0.717, 1.165) is 36.1 Å². The largest absolute Gasteiger partial charge is 0.493 e. The van der Waals surface area contributed by atoms with Gasteiger partial charge in [0.2, 0.25) is 0 Å². The van der Waals surface area contributed by atoms with Gasteiger partial charge in [0.25, 0.3) is 0 Å². The normalized spacial score (nSPS) is 14.2. The van der Waals surface area contributed by atoms with Crippen LogP contribution in [-0.4, -0.2) is 11.6 Å². The summed E-state index contributed by atoms with van der Waals surface area (Å²) >= 11 is 0. The van der Waals surface area contributed by atoms with E-state index >= 15 is 0 Å². The van der Waals surface area contributed by atoms with Crippen molar-refractivity contribution in [2.45, 2.75) is 32.6 Å². The van der Waals surface area contributed by atoms with Crippen LogP contribution in [0.25, 0.3) is 11.1 Å². The third-order valence-corrected chi connectivity index (χ3v) is 3.88. The molecule has 0 amide bonds. The van der Waals surface area contributed by atoms with Crippen molar-refractivity contribution in [3.05, 3.63) is 41.3 Å². The van der Waals surface area contributed by atoms with E-state index in [2.05, 4.69) is 4.98 Å². The van der Waals surface area contributed by atoms with Gasteiger partial charge in [-0.15, -0.1) is 0 Å². The molecule has 0 unspecified atom stereocenters. The molecule has 0 spiro atoms. The van der Waals surface area contributed by atoms with E-state index in [1.807, 2.05) is 19.1 Å². The first-order valence-electron chi connectivity index (χ1n) is 7.40. The van der Waals surface area contributed by atoms with Crippen LogP contribution in [0.3, 0.4) is 0 Å². The van der Waals surface area contributed by atoms with Gasteiger partial charge in [-0.3, -0.25) is 0 Å². The average Bonchev–Trinajstić information content (AvgIpc) is 2.73. The lowest BCUT2D eigenvalue weighted by molar-refractivity contribution is 0.317. The topological polar surface area (TPSA) is 48.1 Å². The van der Waals surface area contributed by atoms with Gasteiger partial charge in [-0.2, -0.15) is 0 Å². The van der Waals surface area contributed by atoms with E-state index in [4.69, 9.17) is 10.5 Å². The molecule has 0 atom stereocenters. The summed E-state index contributed by atoms with van der Waals surface area (Å²) in [4.78, 5) is 4.34. The van der Waals surface area contributed by atoms with Gasteiger partial charge in [-0.25, -0.2) is 9.37 Å². The number of aryl methyl sites for hydroxylation is 2. The summed E-state index contributed by atoms with van der Waals surface area (Å²) in [5.41, 5.74) is 8.93. The number of benzene rings is 1. The first kappa shape index (κ1) is 13.9. The van der Waals surface area contributed by atoms with Gasteiger partial charge in [-0.05, 0) is 49.4 Å². The summed E-state index contributed by atoms with van der Waals surface area (Å²) in [5.74, 6) is 0.865. The average molecular weight is 286 g/mol.